The van der Waals surface area contributed by atoms with Crippen LogP contribution in [0.5, 0.6) is 0 Å². The minimum absolute atomic E-state index is 0.0286. The van der Waals surface area contributed by atoms with Gasteiger partial charge in [0, 0.05) is 12.7 Å². The average Bonchev–Trinajstić information content (AvgIpc) is 2.62. The standard InChI is InChI=1S/C18H16N2O2S/c21-23(22,18-8-4-5-13-19-18)20-14-15-9-11-17(12-10-15)16-6-2-1-3-7-16/h1-13,20H,14H2. The third kappa shape index (κ3) is 3.83. The average molecular weight is 324 g/mol. The van der Waals surface area contributed by atoms with Gasteiger partial charge in [-0.15, -0.1) is 0 Å². The minimum Gasteiger partial charge on any atom is -0.243 e. The van der Waals surface area contributed by atoms with Gasteiger partial charge in [-0.1, -0.05) is 60.7 Å². The predicted molar refractivity (Wildman–Crippen MR) is 90.1 cm³/mol. The maximum Gasteiger partial charge on any atom is 0.258 e. The molecule has 0 radical (unpaired) electrons. The summed E-state index contributed by atoms with van der Waals surface area (Å²) in [6, 6.07) is 22.7. The SMILES string of the molecule is O=S(=O)(NCc1ccc(-c2ccccc2)cc1)c1ccccn1. The zero-order valence-electron chi connectivity index (χ0n) is 12.4. The first-order valence-corrected chi connectivity index (χ1v) is 8.68. The topological polar surface area (TPSA) is 59.1 Å². The van der Waals surface area contributed by atoms with E-state index in [-0.39, 0.29) is 11.6 Å². The molecule has 0 atom stereocenters. The Morgan fingerprint density at radius 2 is 1.43 bits per heavy atom. The molecule has 1 N–H and O–H groups in total. The fraction of sp³-hybridized carbons (Fsp3) is 0.0556. The largest absolute Gasteiger partial charge is 0.258 e. The predicted octanol–water partition coefficient (Wildman–Crippen LogP) is 3.23. The van der Waals surface area contributed by atoms with E-state index in [1.165, 1.54) is 12.3 Å². The maximum atomic E-state index is 12.1. The van der Waals surface area contributed by atoms with E-state index in [2.05, 4.69) is 9.71 Å². The summed E-state index contributed by atoms with van der Waals surface area (Å²) in [4.78, 5) is 3.87. The molecule has 0 saturated heterocycles. The summed E-state index contributed by atoms with van der Waals surface area (Å²) in [5.74, 6) is 0. The molecule has 1 heterocycles. The number of hydrogen-bond donors (Lipinski definition) is 1. The van der Waals surface area contributed by atoms with Crippen LogP contribution in [0.3, 0.4) is 0 Å². The molecule has 0 unspecified atom stereocenters. The highest BCUT2D eigenvalue weighted by Gasteiger charge is 2.14. The second kappa shape index (κ2) is 6.73. The van der Waals surface area contributed by atoms with Crippen LogP contribution in [0.4, 0.5) is 0 Å². The van der Waals surface area contributed by atoms with E-state index in [0.29, 0.717) is 0 Å². The first-order chi connectivity index (χ1) is 11.1. The Labute approximate surface area is 135 Å². The van der Waals surface area contributed by atoms with Gasteiger partial charge in [-0.3, -0.25) is 0 Å². The Morgan fingerprint density at radius 3 is 2.09 bits per heavy atom. The summed E-state index contributed by atoms with van der Waals surface area (Å²) >= 11 is 0. The first-order valence-electron chi connectivity index (χ1n) is 7.20. The molecule has 0 aliphatic carbocycles. The van der Waals surface area contributed by atoms with Gasteiger partial charge in [0.2, 0.25) is 0 Å². The van der Waals surface area contributed by atoms with Gasteiger partial charge in [0.25, 0.3) is 10.0 Å². The van der Waals surface area contributed by atoms with Gasteiger partial charge in [-0.2, -0.15) is 0 Å². The molecule has 23 heavy (non-hydrogen) atoms. The van der Waals surface area contributed by atoms with E-state index in [1.807, 2.05) is 54.6 Å². The molecule has 116 valence electrons. The molecule has 2 aromatic carbocycles. The van der Waals surface area contributed by atoms with Crippen molar-refractivity contribution >= 4 is 10.0 Å². The number of rotatable bonds is 5. The van der Waals surface area contributed by atoms with E-state index >= 15 is 0 Å². The first kappa shape index (κ1) is 15.4. The Bertz CT molecular complexity index is 862. The minimum atomic E-state index is -3.58. The van der Waals surface area contributed by atoms with Crippen molar-refractivity contribution < 1.29 is 8.42 Å². The molecule has 0 amide bonds. The van der Waals surface area contributed by atoms with Crippen LogP contribution in [-0.4, -0.2) is 13.4 Å². The molecule has 0 aliphatic heterocycles. The molecule has 5 heteroatoms. The molecule has 0 bridgehead atoms. The zero-order chi connectivity index (χ0) is 16.1. The van der Waals surface area contributed by atoms with E-state index in [0.717, 1.165) is 16.7 Å². The van der Waals surface area contributed by atoms with E-state index in [9.17, 15) is 8.42 Å². The van der Waals surface area contributed by atoms with Crippen molar-refractivity contribution in [2.24, 2.45) is 0 Å². The Hall–Kier alpha value is -2.50. The Morgan fingerprint density at radius 1 is 0.783 bits per heavy atom. The molecular weight excluding hydrogens is 308 g/mol. The number of hydrogen-bond acceptors (Lipinski definition) is 3. The number of nitrogens with zero attached hydrogens (tertiary/aromatic N) is 1. The van der Waals surface area contributed by atoms with Crippen LogP contribution in [0.1, 0.15) is 5.56 Å². The monoisotopic (exact) mass is 324 g/mol. The van der Waals surface area contributed by atoms with Crippen LogP contribution in [-0.2, 0) is 16.6 Å². The van der Waals surface area contributed by atoms with Crippen LogP contribution in [0.15, 0.2) is 84.0 Å². The van der Waals surface area contributed by atoms with Crippen molar-refractivity contribution in [2.75, 3.05) is 0 Å². The molecule has 4 nitrogen and oxygen atoms in total. The summed E-state index contributed by atoms with van der Waals surface area (Å²) in [6.45, 7) is 0.230. The lowest BCUT2D eigenvalue weighted by molar-refractivity contribution is 0.577. The molecular formula is C18H16N2O2S. The number of benzene rings is 2. The number of nitrogens with one attached hydrogen (secondary N) is 1. The van der Waals surface area contributed by atoms with Gasteiger partial charge in [0.15, 0.2) is 5.03 Å². The van der Waals surface area contributed by atoms with Crippen molar-refractivity contribution in [3.63, 3.8) is 0 Å². The van der Waals surface area contributed by atoms with Gasteiger partial charge in [-0.05, 0) is 28.8 Å². The van der Waals surface area contributed by atoms with Gasteiger partial charge in [0.1, 0.15) is 0 Å². The molecule has 0 aliphatic rings. The maximum absolute atomic E-state index is 12.1. The third-order valence-electron chi connectivity index (χ3n) is 3.44. The lowest BCUT2D eigenvalue weighted by atomic mass is 10.0. The molecule has 0 fully saturated rings. The Kier molecular flexibility index (Phi) is 4.50. The van der Waals surface area contributed by atoms with Crippen molar-refractivity contribution in [1.82, 2.24) is 9.71 Å². The van der Waals surface area contributed by atoms with Gasteiger partial charge in [0.05, 0.1) is 0 Å². The highest BCUT2D eigenvalue weighted by molar-refractivity contribution is 7.89. The fourth-order valence-electron chi connectivity index (χ4n) is 2.20. The zero-order valence-corrected chi connectivity index (χ0v) is 13.2. The van der Waals surface area contributed by atoms with E-state index < -0.39 is 10.0 Å². The summed E-state index contributed by atoms with van der Waals surface area (Å²) in [5.41, 5.74) is 3.12. The van der Waals surface area contributed by atoms with Gasteiger partial charge >= 0.3 is 0 Å². The quantitative estimate of drug-likeness (QED) is 0.784. The molecule has 0 saturated carbocycles. The summed E-state index contributed by atoms with van der Waals surface area (Å²) < 4.78 is 26.8. The van der Waals surface area contributed by atoms with Crippen LogP contribution < -0.4 is 4.72 Å². The van der Waals surface area contributed by atoms with Gasteiger partial charge < -0.3 is 0 Å². The fourth-order valence-corrected chi connectivity index (χ4v) is 3.17. The van der Waals surface area contributed by atoms with Crippen LogP contribution in [0.2, 0.25) is 0 Å². The summed E-state index contributed by atoms with van der Waals surface area (Å²) in [5, 5.41) is 0.0286. The van der Waals surface area contributed by atoms with E-state index in [4.69, 9.17) is 0 Å². The second-order valence-electron chi connectivity index (χ2n) is 5.06. The smallest absolute Gasteiger partial charge is 0.243 e. The van der Waals surface area contributed by atoms with Crippen molar-refractivity contribution in [3.8, 4) is 11.1 Å². The lowest BCUT2D eigenvalue weighted by Crippen LogP contribution is -2.24. The second-order valence-corrected chi connectivity index (χ2v) is 6.77. The van der Waals surface area contributed by atoms with Crippen LogP contribution in [0, 0.1) is 0 Å². The summed E-state index contributed by atoms with van der Waals surface area (Å²) in [7, 11) is -3.58. The molecule has 0 spiro atoms. The van der Waals surface area contributed by atoms with Crippen LogP contribution >= 0.6 is 0 Å². The number of aromatic nitrogens is 1. The lowest BCUT2D eigenvalue weighted by Gasteiger charge is -2.07. The van der Waals surface area contributed by atoms with Crippen LogP contribution in [0.25, 0.3) is 11.1 Å². The third-order valence-corrected chi connectivity index (χ3v) is 4.76. The van der Waals surface area contributed by atoms with E-state index in [1.54, 1.807) is 12.1 Å². The van der Waals surface area contributed by atoms with Crippen molar-refractivity contribution in [3.05, 3.63) is 84.6 Å². The highest BCUT2D eigenvalue weighted by atomic mass is 32.2. The number of sulfonamides is 1. The molecule has 3 rings (SSSR count). The van der Waals surface area contributed by atoms with Crippen molar-refractivity contribution in [1.29, 1.82) is 0 Å². The highest BCUT2D eigenvalue weighted by Crippen LogP contribution is 2.19. The molecule has 3 aromatic rings. The summed E-state index contributed by atoms with van der Waals surface area (Å²) in [6.07, 6.45) is 1.46. The normalized spacial score (nSPS) is 11.3. The van der Waals surface area contributed by atoms with Gasteiger partial charge in [-0.25, -0.2) is 18.1 Å². The Balaban J connectivity index is 1.70. The van der Waals surface area contributed by atoms with Crippen molar-refractivity contribution in [2.45, 2.75) is 11.6 Å². The number of pyridine rings is 1. The molecule has 1 aromatic heterocycles.